The Morgan fingerprint density at radius 3 is 3.09 bits per heavy atom. The van der Waals surface area contributed by atoms with Gasteiger partial charge < -0.3 is 4.74 Å². The fourth-order valence-electron chi connectivity index (χ4n) is 0.586. The summed E-state index contributed by atoms with van der Waals surface area (Å²) in [6.45, 7) is 0.253. The van der Waals surface area contributed by atoms with Crippen molar-refractivity contribution in [1.29, 1.82) is 0 Å². The predicted molar refractivity (Wildman–Crippen MR) is 46.3 cm³/mol. The number of ether oxygens (including phenoxy) is 1. The van der Waals surface area contributed by atoms with E-state index >= 15 is 0 Å². The van der Waals surface area contributed by atoms with Gasteiger partial charge in [-0.3, -0.25) is 0 Å². The number of aromatic nitrogens is 1. The molecule has 1 rings (SSSR count). The fourth-order valence-corrected chi connectivity index (χ4v) is 0.913. The van der Waals surface area contributed by atoms with Crippen molar-refractivity contribution in [2.75, 3.05) is 6.61 Å². The zero-order chi connectivity index (χ0) is 8.10. The molecule has 0 aromatic carbocycles. The number of terminal acetylenes is 1. The summed E-state index contributed by atoms with van der Waals surface area (Å²) < 4.78 is 5.80. The molecule has 1 heterocycles. The van der Waals surface area contributed by atoms with Gasteiger partial charge in [-0.1, -0.05) is 12.0 Å². The number of nitrogens with zero attached hydrogens (tertiary/aromatic N) is 1. The summed E-state index contributed by atoms with van der Waals surface area (Å²) in [5.41, 5.74) is 0. The average molecular weight is 212 g/mol. The molecule has 0 atom stereocenters. The third kappa shape index (κ3) is 2.60. The number of rotatable bonds is 2. The van der Waals surface area contributed by atoms with E-state index in [0.717, 1.165) is 4.60 Å². The molecule has 0 spiro atoms. The Morgan fingerprint density at radius 1 is 1.64 bits per heavy atom. The van der Waals surface area contributed by atoms with E-state index in [0.29, 0.717) is 5.88 Å². The molecule has 0 aliphatic rings. The molecule has 0 saturated carbocycles. The van der Waals surface area contributed by atoms with Crippen molar-refractivity contribution in [3.63, 3.8) is 0 Å². The monoisotopic (exact) mass is 211 g/mol. The van der Waals surface area contributed by atoms with Gasteiger partial charge in [-0.2, -0.15) is 0 Å². The SMILES string of the molecule is C#CCOc1cccc(Br)n1. The Morgan fingerprint density at radius 2 is 2.45 bits per heavy atom. The highest BCUT2D eigenvalue weighted by Crippen LogP contribution is 2.11. The second kappa shape index (κ2) is 3.99. The van der Waals surface area contributed by atoms with Gasteiger partial charge in [0.25, 0.3) is 0 Å². The Labute approximate surface area is 73.7 Å². The highest BCUT2D eigenvalue weighted by atomic mass is 79.9. The molecule has 56 valence electrons. The highest BCUT2D eigenvalue weighted by molar-refractivity contribution is 9.10. The summed E-state index contributed by atoms with van der Waals surface area (Å²) in [5, 5.41) is 0. The summed E-state index contributed by atoms with van der Waals surface area (Å²) in [4.78, 5) is 4.01. The maximum atomic E-state index is 5.06. The van der Waals surface area contributed by atoms with Crippen LogP contribution in [0.3, 0.4) is 0 Å². The van der Waals surface area contributed by atoms with Crippen molar-refractivity contribution in [2.45, 2.75) is 0 Å². The molecule has 0 bridgehead atoms. The second-order valence-electron chi connectivity index (χ2n) is 1.79. The molecule has 0 radical (unpaired) electrons. The molecule has 0 fully saturated rings. The van der Waals surface area contributed by atoms with Crippen LogP contribution in [0.5, 0.6) is 5.88 Å². The lowest BCUT2D eigenvalue weighted by molar-refractivity contribution is 0.355. The maximum Gasteiger partial charge on any atom is 0.215 e. The van der Waals surface area contributed by atoms with Gasteiger partial charge in [-0.15, -0.1) is 6.42 Å². The van der Waals surface area contributed by atoms with Gasteiger partial charge in [0.15, 0.2) is 6.61 Å². The van der Waals surface area contributed by atoms with Crippen molar-refractivity contribution in [3.8, 4) is 18.2 Å². The molecule has 0 saturated heterocycles. The molecule has 1 aromatic rings. The van der Waals surface area contributed by atoms with E-state index in [1.807, 2.05) is 12.1 Å². The minimum atomic E-state index is 0.253. The lowest BCUT2D eigenvalue weighted by atomic mass is 10.5. The third-order valence-corrected chi connectivity index (χ3v) is 1.43. The first-order chi connectivity index (χ1) is 5.33. The maximum absolute atomic E-state index is 5.06. The Hall–Kier alpha value is -1.01. The molecule has 2 nitrogen and oxygen atoms in total. The number of hydrogen-bond acceptors (Lipinski definition) is 2. The molecular formula is C8H6BrNO. The van der Waals surface area contributed by atoms with Crippen molar-refractivity contribution >= 4 is 15.9 Å². The number of halogens is 1. The molecule has 0 N–H and O–H groups in total. The van der Waals surface area contributed by atoms with Crippen LogP contribution in [0.1, 0.15) is 0 Å². The largest absolute Gasteiger partial charge is 0.464 e. The van der Waals surface area contributed by atoms with Crippen LogP contribution >= 0.6 is 15.9 Å². The van der Waals surface area contributed by atoms with E-state index in [1.165, 1.54) is 0 Å². The zero-order valence-corrected chi connectivity index (χ0v) is 7.34. The van der Waals surface area contributed by atoms with E-state index in [9.17, 15) is 0 Å². The quantitative estimate of drug-likeness (QED) is 0.551. The molecule has 3 heteroatoms. The van der Waals surface area contributed by atoms with Crippen molar-refractivity contribution in [1.82, 2.24) is 4.98 Å². The fraction of sp³-hybridized carbons (Fsp3) is 0.125. The summed E-state index contributed by atoms with van der Waals surface area (Å²) in [6.07, 6.45) is 5.00. The van der Waals surface area contributed by atoms with Crippen LogP contribution < -0.4 is 4.74 Å². The van der Waals surface area contributed by atoms with Gasteiger partial charge in [-0.25, -0.2) is 4.98 Å². The summed E-state index contributed by atoms with van der Waals surface area (Å²) in [6, 6.07) is 5.41. The van der Waals surface area contributed by atoms with Crippen LogP contribution in [0.2, 0.25) is 0 Å². The normalized spacial score (nSPS) is 8.73. The van der Waals surface area contributed by atoms with Crippen molar-refractivity contribution in [3.05, 3.63) is 22.8 Å². The lowest BCUT2D eigenvalue weighted by Gasteiger charge is -1.99. The van der Waals surface area contributed by atoms with Crippen molar-refractivity contribution < 1.29 is 4.74 Å². The zero-order valence-electron chi connectivity index (χ0n) is 5.75. The summed E-state index contributed by atoms with van der Waals surface area (Å²) in [7, 11) is 0. The predicted octanol–water partition coefficient (Wildman–Crippen LogP) is 1.86. The minimum Gasteiger partial charge on any atom is -0.464 e. The molecule has 0 aliphatic heterocycles. The van der Waals surface area contributed by atoms with Crippen LogP contribution in [0.15, 0.2) is 22.8 Å². The van der Waals surface area contributed by atoms with E-state index in [1.54, 1.807) is 6.07 Å². The lowest BCUT2D eigenvalue weighted by Crippen LogP contribution is -1.95. The standard InChI is InChI=1S/C8H6BrNO/c1-2-6-11-8-5-3-4-7(9)10-8/h1,3-5H,6H2. The molecular weight excluding hydrogens is 206 g/mol. The minimum absolute atomic E-state index is 0.253. The van der Waals surface area contributed by atoms with Gasteiger partial charge in [0.2, 0.25) is 5.88 Å². The molecule has 1 aromatic heterocycles. The second-order valence-corrected chi connectivity index (χ2v) is 2.60. The number of pyridine rings is 1. The van der Waals surface area contributed by atoms with E-state index in [-0.39, 0.29) is 6.61 Å². The average Bonchev–Trinajstić information content (AvgIpc) is 2.01. The molecule has 0 amide bonds. The van der Waals surface area contributed by atoms with Gasteiger partial charge in [0.05, 0.1) is 0 Å². The first-order valence-electron chi connectivity index (χ1n) is 3.02. The molecule has 11 heavy (non-hydrogen) atoms. The van der Waals surface area contributed by atoms with Gasteiger partial charge in [0.1, 0.15) is 4.60 Å². The van der Waals surface area contributed by atoms with Crippen LogP contribution in [0.25, 0.3) is 0 Å². The van der Waals surface area contributed by atoms with E-state index in [4.69, 9.17) is 11.2 Å². The Kier molecular flexibility index (Phi) is 2.94. The first kappa shape index (κ1) is 8.09. The third-order valence-electron chi connectivity index (χ3n) is 0.993. The van der Waals surface area contributed by atoms with Crippen molar-refractivity contribution in [2.24, 2.45) is 0 Å². The Bertz CT molecular complexity index is 280. The summed E-state index contributed by atoms with van der Waals surface area (Å²) in [5.74, 6) is 2.90. The smallest absolute Gasteiger partial charge is 0.215 e. The highest BCUT2D eigenvalue weighted by Gasteiger charge is 1.92. The topological polar surface area (TPSA) is 22.1 Å². The van der Waals surface area contributed by atoms with Crippen LogP contribution in [-0.2, 0) is 0 Å². The van der Waals surface area contributed by atoms with E-state index in [2.05, 4.69) is 26.8 Å². The van der Waals surface area contributed by atoms with Crippen LogP contribution in [0.4, 0.5) is 0 Å². The van der Waals surface area contributed by atoms with Crippen LogP contribution in [-0.4, -0.2) is 11.6 Å². The number of hydrogen-bond donors (Lipinski definition) is 0. The van der Waals surface area contributed by atoms with Gasteiger partial charge in [-0.05, 0) is 22.0 Å². The van der Waals surface area contributed by atoms with Crippen LogP contribution in [0, 0.1) is 12.3 Å². The first-order valence-corrected chi connectivity index (χ1v) is 3.81. The van der Waals surface area contributed by atoms with Gasteiger partial charge in [0, 0.05) is 6.07 Å². The van der Waals surface area contributed by atoms with E-state index < -0.39 is 0 Å². The molecule has 0 aliphatic carbocycles. The molecule has 0 unspecified atom stereocenters. The Balaban J connectivity index is 2.65. The van der Waals surface area contributed by atoms with Gasteiger partial charge >= 0.3 is 0 Å². The summed E-state index contributed by atoms with van der Waals surface area (Å²) >= 11 is 3.21.